The lowest BCUT2D eigenvalue weighted by molar-refractivity contribution is -0.181. The molecule has 82 valence electrons. The Morgan fingerprint density at radius 2 is 1.71 bits per heavy atom. The van der Waals surface area contributed by atoms with E-state index in [2.05, 4.69) is 0 Å². The maximum Gasteiger partial charge on any atom is 0.308 e. The van der Waals surface area contributed by atoms with Crippen LogP contribution >= 0.6 is 0 Å². The average Bonchev–Trinajstić information content (AvgIpc) is 1.98. The van der Waals surface area contributed by atoms with Crippen molar-refractivity contribution in [2.24, 2.45) is 0 Å². The third kappa shape index (κ3) is 7.73. The second-order valence-electron chi connectivity index (χ2n) is 3.44. The highest BCUT2D eigenvalue weighted by Crippen LogP contribution is 2.02. The SMILES string of the molecule is CC(=O)CCC(=O)OC(C)OC(C)C. The van der Waals surface area contributed by atoms with Crippen molar-refractivity contribution in [1.29, 1.82) is 0 Å². The van der Waals surface area contributed by atoms with E-state index in [0.29, 0.717) is 0 Å². The summed E-state index contributed by atoms with van der Waals surface area (Å²) in [5.41, 5.74) is 0. The van der Waals surface area contributed by atoms with Crippen molar-refractivity contribution in [3.8, 4) is 0 Å². The number of rotatable bonds is 6. The molecule has 1 unspecified atom stereocenters. The molecule has 1 atom stereocenters. The van der Waals surface area contributed by atoms with Crippen molar-refractivity contribution in [3.63, 3.8) is 0 Å². The number of hydrogen-bond acceptors (Lipinski definition) is 4. The fourth-order valence-electron chi connectivity index (χ4n) is 0.933. The highest BCUT2D eigenvalue weighted by molar-refractivity contribution is 5.80. The van der Waals surface area contributed by atoms with Crippen LogP contribution in [-0.2, 0) is 19.1 Å². The fourth-order valence-corrected chi connectivity index (χ4v) is 0.933. The number of carbonyl (C=O) groups is 2. The molecular weight excluding hydrogens is 184 g/mol. The molecule has 0 aliphatic heterocycles. The molecule has 0 aromatic carbocycles. The highest BCUT2D eigenvalue weighted by Gasteiger charge is 2.11. The lowest BCUT2D eigenvalue weighted by Gasteiger charge is -2.16. The van der Waals surface area contributed by atoms with Gasteiger partial charge in [-0.1, -0.05) is 0 Å². The zero-order chi connectivity index (χ0) is 11.1. The Morgan fingerprint density at radius 3 is 2.14 bits per heavy atom. The molecule has 0 saturated heterocycles. The second kappa shape index (κ2) is 6.54. The first-order chi connectivity index (χ1) is 6.41. The zero-order valence-corrected chi connectivity index (χ0v) is 9.20. The highest BCUT2D eigenvalue weighted by atomic mass is 16.7. The minimum Gasteiger partial charge on any atom is -0.436 e. The van der Waals surface area contributed by atoms with Gasteiger partial charge >= 0.3 is 5.97 Å². The summed E-state index contributed by atoms with van der Waals surface area (Å²) in [5.74, 6) is -0.410. The van der Waals surface area contributed by atoms with Gasteiger partial charge in [0, 0.05) is 6.42 Å². The van der Waals surface area contributed by atoms with Crippen LogP contribution in [0.2, 0.25) is 0 Å². The number of carbonyl (C=O) groups excluding carboxylic acids is 2. The molecule has 14 heavy (non-hydrogen) atoms. The maximum atomic E-state index is 11.1. The third-order valence-corrected chi connectivity index (χ3v) is 1.44. The number of Topliss-reactive ketones (excluding diaryl/α,β-unsaturated/α-hetero) is 1. The van der Waals surface area contributed by atoms with Crippen molar-refractivity contribution in [3.05, 3.63) is 0 Å². The summed E-state index contributed by atoms with van der Waals surface area (Å²) in [5, 5.41) is 0. The van der Waals surface area contributed by atoms with Crippen LogP contribution in [0, 0.1) is 0 Å². The largest absolute Gasteiger partial charge is 0.436 e. The van der Waals surface area contributed by atoms with E-state index in [-0.39, 0.29) is 24.7 Å². The smallest absolute Gasteiger partial charge is 0.308 e. The summed E-state index contributed by atoms with van der Waals surface area (Å²) in [6.45, 7) is 6.83. The van der Waals surface area contributed by atoms with E-state index in [1.54, 1.807) is 6.92 Å². The predicted molar refractivity (Wildman–Crippen MR) is 51.7 cm³/mol. The van der Waals surface area contributed by atoms with Crippen LogP contribution in [0.15, 0.2) is 0 Å². The minimum atomic E-state index is -0.547. The van der Waals surface area contributed by atoms with Crippen LogP contribution < -0.4 is 0 Å². The van der Waals surface area contributed by atoms with E-state index in [4.69, 9.17) is 9.47 Å². The molecule has 4 heteroatoms. The van der Waals surface area contributed by atoms with Gasteiger partial charge in [0.15, 0.2) is 6.29 Å². The van der Waals surface area contributed by atoms with E-state index in [1.165, 1.54) is 6.92 Å². The fraction of sp³-hybridized carbons (Fsp3) is 0.800. The Kier molecular flexibility index (Phi) is 6.12. The molecule has 0 aliphatic carbocycles. The first-order valence-electron chi connectivity index (χ1n) is 4.76. The van der Waals surface area contributed by atoms with Crippen LogP contribution in [0.1, 0.15) is 40.5 Å². The normalized spacial score (nSPS) is 12.6. The molecule has 0 radical (unpaired) electrons. The van der Waals surface area contributed by atoms with E-state index in [1.807, 2.05) is 13.8 Å². The van der Waals surface area contributed by atoms with Crippen molar-refractivity contribution in [2.75, 3.05) is 0 Å². The van der Waals surface area contributed by atoms with Crippen molar-refractivity contribution >= 4 is 11.8 Å². The van der Waals surface area contributed by atoms with Crippen molar-refractivity contribution in [1.82, 2.24) is 0 Å². The Bertz CT molecular complexity index is 198. The van der Waals surface area contributed by atoms with Gasteiger partial charge in [0.1, 0.15) is 5.78 Å². The Labute approximate surface area is 84.6 Å². The van der Waals surface area contributed by atoms with Crippen molar-refractivity contribution in [2.45, 2.75) is 52.9 Å². The monoisotopic (exact) mass is 202 g/mol. The molecule has 0 amide bonds. The van der Waals surface area contributed by atoms with Crippen LogP contribution in [0.25, 0.3) is 0 Å². The summed E-state index contributed by atoms with van der Waals surface area (Å²) < 4.78 is 10.1. The molecule has 0 heterocycles. The van der Waals surface area contributed by atoms with E-state index in [9.17, 15) is 9.59 Å². The van der Waals surface area contributed by atoms with Crippen molar-refractivity contribution < 1.29 is 19.1 Å². The Morgan fingerprint density at radius 1 is 1.14 bits per heavy atom. The molecular formula is C10H18O4. The van der Waals surface area contributed by atoms with Gasteiger partial charge in [-0.3, -0.25) is 4.79 Å². The molecule has 0 N–H and O–H groups in total. The zero-order valence-electron chi connectivity index (χ0n) is 9.20. The quantitative estimate of drug-likeness (QED) is 0.485. The maximum absolute atomic E-state index is 11.1. The van der Waals surface area contributed by atoms with Crippen LogP contribution in [-0.4, -0.2) is 24.1 Å². The van der Waals surface area contributed by atoms with Gasteiger partial charge in [0.2, 0.25) is 0 Å². The second-order valence-corrected chi connectivity index (χ2v) is 3.44. The number of hydrogen-bond donors (Lipinski definition) is 0. The molecule has 0 fully saturated rings. The topological polar surface area (TPSA) is 52.6 Å². The van der Waals surface area contributed by atoms with Gasteiger partial charge < -0.3 is 14.3 Å². The van der Waals surface area contributed by atoms with Crippen LogP contribution in [0.3, 0.4) is 0 Å². The first kappa shape index (κ1) is 13.1. The lowest BCUT2D eigenvalue weighted by Crippen LogP contribution is -2.21. The molecule has 0 aliphatic rings. The van der Waals surface area contributed by atoms with Crippen LogP contribution in [0.4, 0.5) is 0 Å². The predicted octanol–water partition coefficient (Wildman–Crippen LogP) is 1.67. The third-order valence-electron chi connectivity index (χ3n) is 1.44. The van der Waals surface area contributed by atoms with Crippen LogP contribution in [0.5, 0.6) is 0 Å². The molecule has 0 aromatic heterocycles. The van der Waals surface area contributed by atoms with Gasteiger partial charge in [0.25, 0.3) is 0 Å². The molecule has 0 spiro atoms. The first-order valence-corrected chi connectivity index (χ1v) is 4.76. The minimum absolute atomic E-state index is 0.0145. The molecule has 4 nitrogen and oxygen atoms in total. The standard InChI is InChI=1S/C10H18O4/c1-7(2)13-9(4)14-10(12)6-5-8(3)11/h7,9H,5-6H2,1-4H3. The Balaban J connectivity index is 3.65. The number of ketones is 1. The van der Waals surface area contributed by atoms with Gasteiger partial charge in [-0.25, -0.2) is 0 Å². The van der Waals surface area contributed by atoms with Gasteiger partial charge in [-0.05, 0) is 27.7 Å². The molecule has 0 aromatic rings. The number of esters is 1. The average molecular weight is 202 g/mol. The Hall–Kier alpha value is -0.900. The molecule has 0 bridgehead atoms. The van der Waals surface area contributed by atoms with E-state index in [0.717, 1.165) is 0 Å². The summed E-state index contributed by atoms with van der Waals surface area (Å²) in [6, 6.07) is 0. The summed E-state index contributed by atoms with van der Waals surface area (Å²) in [6.07, 6.45) is -0.172. The van der Waals surface area contributed by atoms with E-state index < -0.39 is 12.3 Å². The molecule has 0 rings (SSSR count). The van der Waals surface area contributed by atoms with Gasteiger partial charge in [-0.2, -0.15) is 0 Å². The summed E-state index contributed by atoms with van der Waals surface area (Å²) >= 11 is 0. The summed E-state index contributed by atoms with van der Waals surface area (Å²) in [7, 11) is 0. The van der Waals surface area contributed by atoms with Gasteiger partial charge in [-0.15, -0.1) is 0 Å². The molecule has 0 saturated carbocycles. The lowest BCUT2D eigenvalue weighted by atomic mass is 10.2. The summed E-state index contributed by atoms with van der Waals surface area (Å²) in [4.78, 5) is 21.7. The number of ether oxygens (including phenoxy) is 2. The van der Waals surface area contributed by atoms with E-state index >= 15 is 0 Å². The van der Waals surface area contributed by atoms with Gasteiger partial charge in [0.05, 0.1) is 12.5 Å².